The fraction of sp³-hybridized carbons (Fsp3) is 0.167. The van der Waals surface area contributed by atoms with Crippen LogP contribution in [0.2, 0.25) is 0 Å². The van der Waals surface area contributed by atoms with Crippen molar-refractivity contribution in [2.24, 2.45) is 7.05 Å². The van der Waals surface area contributed by atoms with Crippen molar-refractivity contribution in [1.29, 1.82) is 0 Å². The number of methoxy groups -OCH3 is 1. The van der Waals surface area contributed by atoms with E-state index in [0.717, 1.165) is 5.56 Å². The molecule has 5 heteroatoms. The lowest BCUT2D eigenvalue weighted by Gasteiger charge is -2.01. The zero-order chi connectivity index (χ0) is 12.4. The molecule has 0 saturated heterocycles. The predicted octanol–water partition coefficient (Wildman–Crippen LogP) is 1.46. The van der Waals surface area contributed by atoms with Crippen molar-refractivity contribution < 1.29 is 9.53 Å². The highest BCUT2D eigenvalue weighted by atomic mass is 16.5. The van der Waals surface area contributed by atoms with Gasteiger partial charge < -0.3 is 10.5 Å². The second-order valence-corrected chi connectivity index (χ2v) is 3.68. The maximum Gasteiger partial charge on any atom is 0.341 e. The third kappa shape index (κ3) is 2.13. The first-order chi connectivity index (χ1) is 8.11. The van der Waals surface area contributed by atoms with Gasteiger partial charge in [0, 0.05) is 24.5 Å². The van der Waals surface area contributed by atoms with E-state index < -0.39 is 5.97 Å². The van der Waals surface area contributed by atoms with Crippen LogP contribution in [0.1, 0.15) is 10.4 Å². The molecule has 0 bridgehead atoms. The van der Waals surface area contributed by atoms with Crippen molar-refractivity contribution in [3.63, 3.8) is 0 Å². The van der Waals surface area contributed by atoms with Crippen LogP contribution in [0.4, 0.5) is 5.69 Å². The highest BCUT2D eigenvalue weighted by molar-refractivity contribution is 5.95. The summed E-state index contributed by atoms with van der Waals surface area (Å²) in [5, 5.41) is 4.25. The lowest BCUT2D eigenvalue weighted by atomic mass is 10.1. The van der Waals surface area contributed by atoms with Crippen LogP contribution < -0.4 is 5.73 Å². The Hall–Kier alpha value is -2.30. The normalized spacial score (nSPS) is 10.2. The predicted molar refractivity (Wildman–Crippen MR) is 64.4 cm³/mol. The lowest BCUT2D eigenvalue weighted by Crippen LogP contribution is -2.01. The van der Waals surface area contributed by atoms with Gasteiger partial charge in [0.05, 0.1) is 7.11 Å². The van der Waals surface area contributed by atoms with E-state index in [1.54, 1.807) is 30.1 Å². The van der Waals surface area contributed by atoms with Crippen LogP contribution in [0.3, 0.4) is 0 Å². The van der Waals surface area contributed by atoms with E-state index in [0.29, 0.717) is 16.9 Å². The number of benzene rings is 1. The molecule has 1 aromatic heterocycles. The first-order valence-corrected chi connectivity index (χ1v) is 5.09. The Morgan fingerprint density at radius 3 is 2.59 bits per heavy atom. The van der Waals surface area contributed by atoms with Crippen LogP contribution in [0, 0.1) is 0 Å². The van der Waals surface area contributed by atoms with E-state index in [2.05, 4.69) is 5.10 Å². The Balaban J connectivity index is 2.51. The van der Waals surface area contributed by atoms with Gasteiger partial charge in [-0.15, -0.1) is 0 Å². The van der Waals surface area contributed by atoms with Crippen molar-refractivity contribution in [3.05, 3.63) is 36.0 Å². The van der Waals surface area contributed by atoms with E-state index >= 15 is 0 Å². The Labute approximate surface area is 98.8 Å². The Morgan fingerprint density at radius 1 is 1.35 bits per heavy atom. The molecule has 1 aromatic carbocycles. The Bertz CT molecular complexity index is 543. The van der Waals surface area contributed by atoms with Crippen molar-refractivity contribution >= 4 is 11.7 Å². The topological polar surface area (TPSA) is 70.1 Å². The molecule has 0 spiro atoms. The van der Waals surface area contributed by atoms with Gasteiger partial charge in [0.25, 0.3) is 0 Å². The summed E-state index contributed by atoms with van der Waals surface area (Å²) >= 11 is 0. The lowest BCUT2D eigenvalue weighted by molar-refractivity contribution is 0.0601. The molecule has 0 atom stereocenters. The van der Waals surface area contributed by atoms with Crippen LogP contribution >= 0.6 is 0 Å². The van der Waals surface area contributed by atoms with E-state index in [9.17, 15) is 4.79 Å². The number of anilines is 1. The van der Waals surface area contributed by atoms with Gasteiger partial charge in [-0.3, -0.25) is 4.68 Å². The van der Waals surface area contributed by atoms with Gasteiger partial charge >= 0.3 is 5.97 Å². The van der Waals surface area contributed by atoms with Crippen molar-refractivity contribution in [3.8, 4) is 11.3 Å². The van der Waals surface area contributed by atoms with E-state index in [4.69, 9.17) is 10.5 Å². The van der Waals surface area contributed by atoms with Crippen molar-refractivity contribution in [1.82, 2.24) is 9.78 Å². The van der Waals surface area contributed by atoms with Crippen LogP contribution in [-0.2, 0) is 11.8 Å². The molecule has 17 heavy (non-hydrogen) atoms. The number of esters is 1. The molecule has 0 fully saturated rings. The number of nitrogens with zero attached hydrogens (tertiary/aromatic N) is 2. The van der Waals surface area contributed by atoms with E-state index in [1.165, 1.54) is 7.11 Å². The zero-order valence-corrected chi connectivity index (χ0v) is 9.68. The molecular formula is C12H13N3O2. The number of nitrogens with two attached hydrogens (primary N) is 1. The summed E-state index contributed by atoms with van der Waals surface area (Å²) in [6, 6.07) is 7.18. The number of nitrogen functional groups attached to an aromatic ring is 1. The van der Waals surface area contributed by atoms with Gasteiger partial charge in [0.2, 0.25) is 0 Å². The summed E-state index contributed by atoms with van der Waals surface area (Å²) in [6.07, 6.45) is 1.64. The Morgan fingerprint density at radius 2 is 2.00 bits per heavy atom. The summed E-state index contributed by atoms with van der Waals surface area (Å²) in [6.45, 7) is 0. The maximum atomic E-state index is 11.6. The maximum absolute atomic E-state index is 11.6. The van der Waals surface area contributed by atoms with Crippen molar-refractivity contribution in [2.75, 3.05) is 12.8 Å². The largest absolute Gasteiger partial charge is 0.465 e. The average Bonchev–Trinajstić information content (AvgIpc) is 2.71. The minimum atomic E-state index is -0.398. The molecule has 2 rings (SSSR count). The first-order valence-electron chi connectivity index (χ1n) is 5.09. The molecule has 5 nitrogen and oxygen atoms in total. The van der Waals surface area contributed by atoms with Gasteiger partial charge in [-0.05, 0) is 12.1 Å². The number of carbonyl (C=O) groups excluding carboxylic acids is 1. The smallest absolute Gasteiger partial charge is 0.341 e. The summed E-state index contributed by atoms with van der Waals surface area (Å²) in [5.74, 6) is -0.398. The number of aryl methyl sites for hydroxylation is 1. The van der Waals surface area contributed by atoms with Gasteiger partial charge in [0.1, 0.15) is 11.3 Å². The molecule has 0 saturated carbocycles. The number of carbonyl (C=O) groups is 1. The van der Waals surface area contributed by atoms with Gasteiger partial charge in [-0.25, -0.2) is 4.79 Å². The quantitative estimate of drug-likeness (QED) is 0.627. The fourth-order valence-corrected chi connectivity index (χ4v) is 1.60. The number of hydrogen-bond donors (Lipinski definition) is 1. The second-order valence-electron chi connectivity index (χ2n) is 3.68. The summed E-state index contributed by atoms with van der Waals surface area (Å²) in [5.41, 5.74) is 8.16. The molecule has 0 aliphatic carbocycles. The number of aromatic nitrogens is 2. The first kappa shape index (κ1) is 11.2. The second kappa shape index (κ2) is 4.29. The molecule has 88 valence electrons. The van der Waals surface area contributed by atoms with Crippen molar-refractivity contribution in [2.45, 2.75) is 0 Å². The number of rotatable bonds is 2. The molecular weight excluding hydrogens is 218 g/mol. The minimum absolute atomic E-state index is 0.398. The van der Waals surface area contributed by atoms with E-state index in [1.807, 2.05) is 12.1 Å². The molecule has 0 aliphatic rings. The monoisotopic (exact) mass is 231 g/mol. The molecule has 0 amide bonds. The third-order valence-corrected chi connectivity index (χ3v) is 2.42. The molecule has 0 radical (unpaired) electrons. The Kier molecular flexibility index (Phi) is 2.82. The zero-order valence-electron chi connectivity index (χ0n) is 9.68. The summed E-state index contributed by atoms with van der Waals surface area (Å²) in [4.78, 5) is 11.6. The number of hydrogen-bond acceptors (Lipinski definition) is 4. The minimum Gasteiger partial charge on any atom is -0.465 e. The van der Waals surface area contributed by atoms with Gasteiger partial charge in [-0.2, -0.15) is 5.10 Å². The van der Waals surface area contributed by atoms with Crippen LogP contribution in [0.5, 0.6) is 0 Å². The molecule has 2 aromatic rings. The molecule has 2 N–H and O–H groups in total. The summed E-state index contributed by atoms with van der Waals surface area (Å²) < 4.78 is 6.30. The van der Waals surface area contributed by atoms with Crippen LogP contribution in [0.25, 0.3) is 11.3 Å². The SMILES string of the molecule is COC(=O)c1cn(C)nc1-c1ccc(N)cc1. The molecule has 0 unspecified atom stereocenters. The summed E-state index contributed by atoms with van der Waals surface area (Å²) in [7, 11) is 3.11. The van der Waals surface area contributed by atoms with Gasteiger partial charge in [0.15, 0.2) is 0 Å². The van der Waals surface area contributed by atoms with E-state index in [-0.39, 0.29) is 0 Å². The van der Waals surface area contributed by atoms with Crippen LogP contribution in [0.15, 0.2) is 30.5 Å². The fourth-order valence-electron chi connectivity index (χ4n) is 1.60. The third-order valence-electron chi connectivity index (χ3n) is 2.42. The highest BCUT2D eigenvalue weighted by Crippen LogP contribution is 2.23. The number of ether oxygens (including phenoxy) is 1. The average molecular weight is 231 g/mol. The molecule has 0 aliphatic heterocycles. The van der Waals surface area contributed by atoms with Crippen LogP contribution in [-0.4, -0.2) is 22.9 Å². The molecule has 1 heterocycles. The highest BCUT2D eigenvalue weighted by Gasteiger charge is 2.17. The van der Waals surface area contributed by atoms with Gasteiger partial charge in [-0.1, -0.05) is 12.1 Å². The standard InChI is InChI=1S/C12H13N3O2/c1-15-7-10(12(16)17-2)11(14-15)8-3-5-9(13)6-4-8/h3-7H,13H2,1-2H3.